The largest absolute Gasteiger partial charge is 0.142 e. The summed E-state index contributed by atoms with van der Waals surface area (Å²) in [6, 6.07) is 6.24. The normalized spacial score (nSPS) is 10.6. The highest BCUT2D eigenvalue weighted by Crippen LogP contribution is 2.25. The third-order valence-electron chi connectivity index (χ3n) is 1.64. The molecule has 0 heterocycles. The van der Waals surface area contributed by atoms with Gasteiger partial charge < -0.3 is 0 Å². The molecule has 0 radical (unpaired) electrons. The Morgan fingerprint density at radius 1 is 1.36 bits per heavy atom. The van der Waals surface area contributed by atoms with Gasteiger partial charge >= 0.3 is 0 Å². The second-order valence-electron chi connectivity index (χ2n) is 2.87. The molecule has 0 amide bonds. The second-order valence-corrected chi connectivity index (χ2v) is 4.20. The van der Waals surface area contributed by atoms with E-state index in [0.29, 0.717) is 5.92 Å². The Kier molecular flexibility index (Phi) is 3.02. The van der Waals surface area contributed by atoms with Crippen LogP contribution >= 0.6 is 28.6 Å². The van der Waals surface area contributed by atoms with Crippen molar-refractivity contribution in [2.24, 2.45) is 0 Å². The Morgan fingerprint density at radius 2 is 2.00 bits per heavy atom. The molecule has 0 spiro atoms. The molecular weight excluding hydrogens is 220 g/mol. The van der Waals surface area contributed by atoms with E-state index in [-0.39, 0.29) is 0 Å². The monoisotopic (exact) mass is 230 g/mol. The van der Waals surface area contributed by atoms with Crippen molar-refractivity contribution in [1.82, 2.24) is 0 Å². The topological polar surface area (TPSA) is 0 Å². The fourth-order valence-electron chi connectivity index (χ4n) is 0.882. The average Bonchev–Trinajstić information content (AvgIpc) is 1.94. The third kappa shape index (κ3) is 2.24. The fraction of sp³-hybridized carbons (Fsp3) is 0.333. The molecule has 0 N–H and O–H groups in total. The van der Waals surface area contributed by atoms with Crippen molar-refractivity contribution in [3.05, 3.63) is 28.2 Å². The van der Waals surface area contributed by atoms with E-state index in [0.717, 1.165) is 9.37 Å². The first-order valence-corrected chi connectivity index (χ1v) is 4.83. The summed E-state index contributed by atoms with van der Waals surface area (Å²) in [7, 11) is 0. The van der Waals surface area contributed by atoms with E-state index >= 15 is 0 Å². The maximum Gasteiger partial charge on any atom is 0.0311 e. The number of hydrogen-bond acceptors (Lipinski definition) is 1. The van der Waals surface area contributed by atoms with Gasteiger partial charge in [-0.15, -0.1) is 12.6 Å². The van der Waals surface area contributed by atoms with Crippen molar-refractivity contribution in [2.45, 2.75) is 24.7 Å². The minimum absolute atomic E-state index is 0.584. The smallest absolute Gasteiger partial charge is 0.0311 e. The van der Waals surface area contributed by atoms with Crippen molar-refractivity contribution in [1.29, 1.82) is 0 Å². The van der Waals surface area contributed by atoms with Crippen molar-refractivity contribution >= 4 is 28.6 Å². The molecule has 0 fully saturated rings. The number of rotatable bonds is 1. The van der Waals surface area contributed by atoms with E-state index in [1.807, 2.05) is 6.07 Å². The molecule has 11 heavy (non-hydrogen) atoms. The molecule has 0 aliphatic heterocycles. The lowest BCUT2D eigenvalue weighted by molar-refractivity contribution is 0.863. The molecule has 0 atom stereocenters. The Balaban J connectivity index is 3.05. The highest BCUT2D eigenvalue weighted by molar-refractivity contribution is 9.10. The number of thiol groups is 1. The van der Waals surface area contributed by atoms with Crippen LogP contribution in [0.2, 0.25) is 0 Å². The van der Waals surface area contributed by atoms with Crippen molar-refractivity contribution < 1.29 is 0 Å². The molecule has 0 aliphatic carbocycles. The van der Waals surface area contributed by atoms with Crippen molar-refractivity contribution in [3.63, 3.8) is 0 Å². The molecule has 0 aromatic heterocycles. The Morgan fingerprint density at radius 3 is 2.45 bits per heavy atom. The summed E-state index contributed by atoms with van der Waals surface area (Å²) < 4.78 is 1.08. The zero-order chi connectivity index (χ0) is 8.43. The van der Waals surface area contributed by atoms with Crippen molar-refractivity contribution in [2.75, 3.05) is 0 Å². The highest BCUT2D eigenvalue weighted by atomic mass is 79.9. The molecule has 0 saturated carbocycles. The third-order valence-corrected chi connectivity index (χ3v) is 2.99. The molecule has 0 aliphatic rings. The van der Waals surface area contributed by atoms with Crippen LogP contribution < -0.4 is 0 Å². The van der Waals surface area contributed by atoms with E-state index in [1.165, 1.54) is 5.56 Å². The van der Waals surface area contributed by atoms with Crippen LogP contribution in [0.1, 0.15) is 25.3 Å². The zero-order valence-electron chi connectivity index (χ0n) is 6.63. The Bertz CT molecular complexity index is 256. The van der Waals surface area contributed by atoms with Crippen LogP contribution in [-0.2, 0) is 0 Å². The molecule has 1 aromatic rings. The van der Waals surface area contributed by atoms with E-state index in [2.05, 4.69) is 54.5 Å². The van der Waals surface area contributed by atoms with Gasteiger partial charge in [0.15, 0.2) is 0 Å². The molecule has 0 nitrogen and oxygen atoms in total. The molecule has 60 valence electrons. The number of halogens is 1. The maximum atomic E-state index is 4.27. The first-order valence-electron chi connectivity index (χ1n) is 3.59. The van der Waals surface area contributed by atoms with Gasteiger partial charge in [-0.25, -0.2) is 0 Å². The average molecular weight is 231 g/mol. The summed E-state index contributed by atoms with van der Waals surface area (Å²) in [5.74, 6) is 0.584. The maximum absolute atomic E-state index is 4.27. The Labute approximate surface area is 81.5 Å². The molecule has 0 bridgehead atoms. The van der Waals surface area contributed by atoms with Crippen LogP contribution in [0.25, 0.3) is 0 Å². The van der Waals surface area contributed by atoms with Gasteiger partial charge in [-0.05, 0) is 39.5 Å². The molecule has 0 unspecified atom stereocenters. The predicted octanol–water partition coefficient (Wildman–Crippen LogP) is 3.86. The van der Waals surface area contributed by atoms with Gasteiger partial charge in [0.25, 0.3) is 0 Å². The quantitative estimate of drug-likeness (QED) is 0.697. The van der Waals surface area contributed by atoms with Gasteiger partial charge in [-0.2, -0.15) is 0 Å². The van der Waals surface area contributed by atoms with Gasteiger partial charge in [0.05, 0.1) is 0 Å². The van der Waals surface area contributed by atoms with Gasteiger partial charge in [-0.3, -0.25) is 0 Å². The summed E-state index contributed by atoms with van der Waals surface area (Å²) in [6.07, 6.45) is 0. The summed E-state index contributed by atoms with van der Waals surface area (Å²) in [4.78, 5) is 0.995. The van der Waals surface area contributed by atoms with Crippen LogP contribution in [0.4, 0.5) is 0 Å². The highest BCUT2D eigenvalue weighted by Gasteiger charge is 2.00. The molecule has 2 heteroatoms. The SMILES string of the molecule is CC(C)c1ccc(S)c(Br)c1. The number of hydrogen-bond donors (Lipinski definition) is 1. The van der Waals surface area contributed by atoms with Gasteiger partial charge in [-0.1, -0.05) is 19.9 Å². The fourth-order valence-corrected chi connectivity index (χ4v) is 1.42. The van der Waals surface area contributed by atoms with Gasteiger partial charge in [0.1, 0.15) is 0 Å². The Hall–Kier alpha value is 0.0500. The van der Waals surface area contributed by atoms with Crippen LogP contribution in [-0.4, -0.2) is 0 Å². The van der Waals surface area contributed by atoms with Gasteiger partial charge in [0.2, 0.25) is 0 Å². The van der Waals surface area contributed by atoms with Crippen LogP contribution in [0.5, 0.6) is 0 Å². The van der Waals surface area contributed by atoms with Crippen molar-refractivity contribution in [3.8, 4) is 0 Å². The molecule has 0 saturated heterocycles. The molecule has 1 rings (SSSR count). The van der Waals surface area contributed by atoms with Gasteiger partial charge in [0, 0.05) is 9.37 Å². The first-order chi connectivity index (χ1) is 5.11. The second kappa shape index (κ2) is 3.63. The van der Waals surface area contributed by atoms with E-state index < -0.39 is 0 Å². The summed E-state index contributed by atoms with van der Waals surface area (Å²) in [5, 5.41) is 0. The zero-order valence-corrected chi connectivity index (χ0v) is 9.12. The first kappa shape index (κ1) is 9.14. The molecule has 1 aromatic carbocycles. The minimum Gasteiger partial charge on any atom is -0.142 e. The standard InChI is InChI=1S/C9H11BrS/c1-6(2)7-3-4-9(11)8(10)5-7/h3-6,11H,1-2H3. The van der Waals surface area contributed by atoms with Crippen LogP contribution in [0.15, 0.2) is 27.6 Å². The predicted molar refractivity (Wildman–Crippen MR) is 55.5 cm³/mol. The van der Waals surface area contributed by atoms with E-state index in [4.69, 9.17) is 0 Å². The van der Waals surface area contributed by atoms with E-state index in [1.54, 1.807) is 0 Å². The summed E-state index contributed by atoms with van der Waals surface area (Å²) in [5.41, 5.74) is 1.34. The lowest BCUT2D eigenvalue weighted by atomic mass is 10.0. The number of benzene rings is 1. The van der Waals surface area contributed by atoms with Crippen LogP contribution in [0, 0.1) is 0 Å². The summed E-state index contributed by atoms with van der Waals surface area (Å²) >= 11 is 7.70. The lowest BCUT2D eigenvalue weighted by Crippen LogP contribution is -1.86. The minimum atomic E-state index is 0.584. The molecular formula is C9H11BrS. The summed E-state index contributed by atoms with van der Waals surface area (Å²) in [6.45, 7) is 4.36. The van der Waals surface area contributed by atoms with E-state index in [9.17, 15) is 0 Å². The van der Waals surface area contributed by atoms with Crippen LogP contribution in [0.3, 0.4) is 0 Å². The lowest BCUT2D eigenvalue weighted by Gasteiger charge is -2.06.